The van der Waals surface area contributed by atoms with Crippen LogP contribution < -0.4 is 10.6 Å². The molecule has 5 aromatic rings. The van der Waals surface area contributed by atoms with Gasteiger partial charge in [0, 0.05) is 40.7 Å². The van der Waals surface area contributed by atoms with E-state index in [0.29, 0.717) is 41.2 Å². The van der Waals surface area contributed by atoms with Crippen molar-refractivity contribution in [3.05, 3.63) is 124 Å². The highest BCUT2D eigenvalue weighted by molar-refractivity contribution is 8.00. The van der Waals surface area contributed by atoms with E-state index in [-0.39, 0.29) is 18.4 Å². The van der Waals surface area contributed by atoms with Crippen molar-refractivity contribution in [2.75, 3.05) is 23.8 Å². The Morgan fingerprint density at radius 2 is 1.68 bits per heavy atom. The summed E-state index contributed by atoms with van der Waals surface area (Å²) in [7, 11) is 0. The Hall–Kier alpha value is -4.44. The number of carbonyl (C=O) groups excluding carboxylic acids is 3. The van der Waals surface area contributed by atoms with Gasteiger partial charge in [0.05, 0.1) is 17.4 Å². The second kappa shape index (κ2) is 15.0. The van der Waals surface area contributed by atoms with Crippen LogP contribution >= 0.6 is 23.1 Å². The summed E-state index contributed by atoms with van der Waals surface area (Å²) in [5.41, 5.74) is 3.93. The van der Waals surface area contributed by atoms with Crippen LogP contribution in [0.5, 0.6) is 0 Å². The summed E-state index contributed by atoms with van der Waals surface area (Å²) >= 11 is 2.90. The van der Waals surface area contributed by atoms with E-state index in [9.17, 15) is 14.4 Å². The molecule has 0 bridgehead atoms. The molecule has 2 N–H and O–H groups in total. The Kier molecular flexibility index (Phi) is 10.4. The lowest BCUT2D eigenvalue weighted by molar-refractivity contribution is -0.115. The van der Waals surface area contributed by atoms with Crippen LogP contribution in [0.3, 0.4) is 0 Å². The minimum absolute atomic E-state index is 0.173. The first-order chi connectivity index (χ1) is 22.9. The quantitative estimate of drug-likeness (QED) is 0.109. The molecule has 0 fully saturated rings. The Bertz CT molecular complexity index is 1910. The van der Waals surface area contributed by atoms with Crippen LogP contribution in [0.2, 0.25) is 0 Å². The summed E-state index contributed by atoms with van der Waals surface area (Å²) in [4.78, 5) is 44.2. The van der Waals surface area contributed by atoms with Crippen LogP contribution in [0.25, 0.3) is 10.8 Å². The van der Waals surface area contributed by atoms with Gasteiger partial charge in [-0.2, -0.15) is 0 Å². The van der Waals surface area contributed by atoms with Crippen molar-refractivity contribution in [1.29, 1.82) is 0 Å². The van der Waals surface area contributed by atoms with E-state index >= 15 is 0 Å². The lowest BCUT2D eigenvalue weighted by Gasteiger charge is -2.27. The van der Waals surface area contributed by atoms with E-state index < -0.39 is 11.2 Å². The lowest BCUT2D eigenvalue weighted by atomic mass is 10.0. The molecule has 7 nitrogen and oxygen atoms in total. The Morgan fingerprint density at radius 3 is 2.47 bits per heavy atom. The van der Waals surface area contributed by atoms with E-state index in [1.54, 1.807) is 6.92 Å². The van der Waals surface area contributed by atoms with Crippen molar-refractivity contribution < 1.29 is 19.1 Å². The van der Waals surface area contributed by atoms with Crippen LogP contribution in [0.4, 0.5) is 10.7 Å². The average Bonchev–Trinajstić information content (AvgIpc) is 3.44. The molecule has 2 amide bonds. The number of hydrogen-bond acceptors (Lipinski definition) is 7. The number of rotatable bonds is 11. The predicted molar refractivity (Wildman–Crippen MR) is 191 cm³/mol. The van der Waals surface area contributed by atoms with Gasteiger partial charge in [0.25, 0.3) is 5.91 Å². The van der Waals surface area contributed by atoms with Crippen molar-refractivity contribution in [3.8, 4) is 0 Å². The zero-order valence-electron chi connectivity index (χ0n) is 26.5. The lowest BCUT2D eigenvalue weighted by Crippen LogP contribution is -2.30. The average molecular weight is 664 g/mol. The van der Waals surface area contributed by atoms with Crippen molar-refractivity contribution in [2.45, 2.75) is 49.9 Å². The zero-order valence-corrected chi connectivity index (χ0v) is 28.1. The Balaban J connectivity index is 1.15. The van der Waals surface area contributed by atoms with Gasteiger partial charge >= 0.3 is 5.97 Å². The summed E-state index contributed by atoms with van der Waals surface area (Å²) in [6, 6.07) is 31.5. The number of anilines is 2. The molecule has 4 aromatic carbocycles. The SMILES string of the molecule is CCOC(=O)c1c(NC(=O)C(CC)Sc2cccc(NC(=O)c3ccc4ccccc4c3)c2)sc2c1CCN(Cc1ccccc1)C2. The molecule has 0 saturated heterocycles. The predicted octanol–water partition coefficient (Wildman–Crippen LogP) is 8.40. The van der Waals surface area contributed by atoms with Gasteiger partial charge in [-0.25, -0.2) is 4.79 Å². The number of esters is 1. The van der Waals surface area contributed by atoms with Crippen LogP contribution in [0.15, 0.2) is 102 Å². The highest BCUT2D eigenvalue weighted by Crippen LogP contribution is 2.39. The summed E-state index contributed by atoms with van der Waals surface area (Å²) in [6.07, 6.45) is 1.29. The van der Waals surface area contributed by atoms with Crippen molar-refractivity contribution in [2.24, 2.45) is 0 Å². The molecule has 0 spiro atoms. The van der Waals surface area contributed by atoms with E-state index in [1.165, 1.54) is 28.7 Å². The minimum Gasteiger partial charge on any atom is -0.462 e. The summed E-state index contributed by atoms with van der Waals surface area (Å²) < 4.78 is 5.44. The van der Waals surface area contributed by atoms with Gasteiger partial charge in [0.1, 0.15) is 5.00 Å². The van der Waals surface area contributed by atoms with Gasteiger partial charge in [-0.05, 0) is 72.0 Å². The summed E-state index contributed by atoms with van der Waals surface area (Å²) in [5, 5.41) is 8.31. The topological polar surface area (TPSA) is 87.7 Å². The van der Waals surface area contributed by atoms with Crippen molar-refractivity contribution in [3.63, 3.8) is 0 Å². The maximum Gasteiger partial charge on any atom is 0.341 e. The molecule has 1 aliphatic rings. The number of nitrogens with one attached hydrogen (secondary N) is 2. The fraction of sp³-hybridized carbons (Fsp3) is 0.237. The maximum absolute atomic E-state index is 13.7. The van der Waals surface area contributed by atoms with Crippen LogP contribution in [0, 0.1) is 0 Å². The van der Waals surface area contributed by atoms with Crippen LogP contribution in [0.1, 0.15) is 57.0 Å². The number of ether oxygens (including phenoxy) is 1. The van der Waals surface area contributed by atoms with E-state index in [1.807, 2.05) is 91.9 Å². The van der Waals surface area contributed by atoms with E-state index in [2.05, 4.69) is 27.7 Å². The van der Waals surface area contributed by atoms with E-state index in [0.717, 1.165) is 39.2 Å². The van der Waals surface area contributed by atoms with Gasteiger partial charge in [0.2, 0.25) is 5.91 Å². The summed E-state index contributed by atoms with van der Waals surface area (Å²) in [6.45, 7) is 6.37. The van der Waals surface area contributed by atoms with E-state index in [4.69, 9.17) is 4.74 Å². The molecule has 0 aliphatic carbocycles. The van der Waals surface area contributed by atoms with Gasteiger partial charge in [0.15, 0.2) is 0 Å². The molecule has 0 saturated carbocycles. The fourth-order valence-corrected chi connectivity index (χ4v) is 8.09. The third kappa shape index (κ3) is 7.76. The molecule has 1 atom stereocenters. The molecule has 2 heterocycles. The molecule has 9 heteroatoms. The number of fused-ring (bicyclic) bond motifs is 2. The first-order valence-electron chi connectivity index (χ1n) is 15.9. The third-order valence-electron chi connectivity index (χ3n) is 8.15. The molecule has 47 heavy (non-hydrogen) atoms. The number of carbonyl (C=O) groups is 3. The molecule has 240 valence electrons. The highest BCUT2D eigenvalue weighted by Gasteiger charge is 2.31. The largest absolute Gasteiger partial charge is 0.462 e. The maximum atomic E-state index is 13.7. The standard InChI is InChI=1S/C38H37N3O4S2/c1-3-32(46-30-16-10-15-29(22-30)39-35(42)28-18-17-26-13-8-9-14-27(26)21-28)36(43)40-37-34(38(44)45-4-2)31-19-20-41(24-33(31)47-37)23-25-11-6-5-7-12-25/h5-18,21-22,32H,3-4,19-20,23-24H2,1-2H3,(H,39,42)(H,40,43). The van der Waals surface area contributed by atoms with Gasteiger partial charge < -0.3 is 15.4 Å². The first-order valence-corrected chi connectivity index (χ1v) is 17.6. The Labute approximate surface area is 283 Å². The second-order valence-electron chi connectivity index (χ2n) is 11.4. The van der Waals surface area contributed by atoms with Crippen LogP contribution in [-0.2, 0) is 29.0 Å². The first kappa shape index (κ1) is 32.5. The summed E-state index contributed by atoms with van der Waals surface area (Å²) in [5.74, 6) is -0.765. The minimum atomic E-state index is -0.412. The molecule has 1 aromatic heterocycles. The fourth-order valence-electron chi connectivity index (χ4n) is 5.80. The second-order valence-corrected chi connectivity index (χ2v) is 13.8. The normalized spacial score (nSPS) is 13.5. The number of thiophene rings is 1. The van der Waals surface area contributed by atoms with Gasteiger partial charge in [-0.3, -0.25) is 14.5 Å². The highest BCUT2D eigenvalue weighted by atomic mass is 32.2. The number of benzene rings is 4. The zero-order chi connectivity index (χ0) is 32.8. The van der Waals surface area contributed by atoms with Gasteiger partial charge in [-0.15, -0.1) is 23.1 Å². The molecule has 1 unspecified atom stereocenters. The molecule has 0 radical (unpaired) electrons. The molecular formula is C38H37N3O4S2. The molecule has 6 rings (SSSR count). The number of amides is 2. The van der Waals surface area contributed by atoms with Crippen LogP contribution in [-0.4, -0.2) is 41.1 Å². The third-order valence-corrected chi connectivity index (χ3v) is 10.6. The molecule has 1 aliphatic heterocycles. The van der Waals surface area contributed by atoms with Crippen molar-refractivity contribution >= 4 is 62.3 Å². The number of nitrogens with zero attached hydrogens (tertiary/aromatic N) is 1. The van der Waals surface area contributed by atoms with Crippen molar-refractivity contribution in [1.82, 2.24) is 4.90 Å². The molecular weight excluding hydrogens is 627 g/mol. The van der Waals surface area contributed by atoms with Gasteiger partial charge in [-0.1, -0.05) is 73.7 Å². The Morgan fingerprint density at radius 1 is 0.894 bits per heavy atom. The monoisotopic (exact) mass is 663 g/mol. The smallest absolute Gasteiger partial charge is 0.341 e. The number of hydrogen-bond donors (Lipinski definition) is 2. The number of thioether (sulfide) groups is 1.